The maximum atomic E-state index is 9.18. The number of hydrogen-bond acceptors (Lipinski definition) is 3. The summed E-state index contributed by atoms with van der Waals surface area (Å²) in [6.45, 7) is 12.3. The van der Waals surface area contributed by atoms with E-state index < -0.39 is 0 Å². The zero-order valence-corrected chi connectivity index (χ0v) is 13.5. The first-order valence-electron chi connectivity index (χ1n) is 6.75. The number of hydrogen-bond donors (Lipinski definition) is 2. The monoisotopic (exact) mass is 291 g/mol. The highest BCUT2D eigenvalue weighted by molar-refractivity contribution is 8.03. The summed E-state index contributed by atoms with van der Waals surface area (Å²) >= 11 is 1.60. The lowest BCUT2D eigenvalue weighted by Crippen LogP contribution is -2.06. The van der Waals surface area contributed by atoms with Crippen molar-refractivity contribution >= 4 is 11.8 Å². The van der Waals surface area contributed by atoms with Gasteiger partial charge in [0.15, 0.2) is 0 Å². The average molecular weight is 291 g/mol. The quantitative estimate of drug-likeness (QED) is 0.585. The summed E-state index contributed by atoms with van der Waals surface area (Å²) in [5.41, 5.74) is 1.94. The second-order valence-corrected chi connectivity index (χ2v) is 4.85. The van der Waals surface area contributed by atoms with E-state index in [1.54, 1.807) is 17.8 Å². The van der Waals surface area contributed by atoms with E-state index >= 15 is 0 Å². The van der Waals surface area contributed by atoms with Crippen LogP contribution in [0.3, 0.4) is 0 Å². The summed E-state index contributed by atoms with van der Waals surface area (Å²) in [4.78, 5) is 2.10. The molecule has 110 valence electrons. The zero-order chi connectivity index (χ0) is 15.4. The first-order valence-corrected chi connectivity index (χ1v) is 7.56. The normalized spacial score (nSPS) is 10.5. The molecule has 0 heterocycles. The SMILES string of the molecule is C=C/C=C(/Sc1ccccc1CNC)C(=C)CO.CC. The number of thioether (sulfide) groups is 1. The minimum atomic E-state index is -0.0408. The molecule has 0 unspecified atom stereocenters. The Kier molecular flexibility index (Phi) is 10.8. The molecule has 2 nitrogen and oxygen atoms in total. The van der Waals surface area contributed by atoms with Crippen molar-refractivity contribution in [1.29, 1.82) is 0 Å². The maximum Gasteiger partial charge on any atom is 0.0687 e. The molecule has 1 aromatic rings. The molecule has 0 saturated carbocycles. The molecule has 1 rings (SSSR count). The Bertz CT molecular complexity index is 452. The van der Waals surface area contributed by atoms with Gasteiger partial charge < -0.3 is 10.4 Å². The van der Waals surface area contributed by atoms with Gasteiger partial charge in [-0.15, -0.1) is 0 Å². The van der Waals surface area contributed by atoms with Crippen molar-refractivity contribution in [1.82, 2.24) is 5.32 Å². The molecule has 3 heteroatoms. The van der Waals surface area contributed by atoms with E-state index in [2.05, 4.69) is 30.6 Å². The van der Waals surface area contributed by atoms with Crippen LogP contribution in [-0.2, 0) is 6.54 Å². The molecule has 0 radical (unpaired) electrons. The number of nitrogens with one attached hydrogen (secondary N) is 1. The molecule has 0 aliphatic rings. The van der Waals surface area contributed by atoms with Gasteiger partial charge in [0, 0.05) is 16.3 Å². The van der Waals surface area contributed by atoms with Gasteiger partial charge in [-0.05, 0) is 30.3 Å². The highest BCUT2D eigenvalue weighted by Gasteiger charge is 2.07. The van der Waals surface area contributed by atoms with E-state index in [9.17, 15) is 5.11 Å². The molecule has 0 bridgehead atoms. The number of allylic oxidation sites excluding steroid dienone is 2. The van der Waals surface area contributed by atoms with E-state index in [-0.39, 0.29) is 6.61 Å². The van der Waals surface area contributed by atoms with E-state index in [0.29, 0.717) is 5.57 Å². The third kappa shape index (κ3) is 6.24. The largest absolute Gasteiger partial charge is 0.392 e. The van der Waals surface area contributed by atoms with Gasteiger partial charge in [-0.1, -0.05) is 63.0 Å². The Morgan fingerprint density at radius 1 is 1.35 bits per heavy atom. The zero-order valence-electron chi connectivity index (χ0n) is 12.6. The fourth-order valence-electron chi connectivity index (χ4n) is 1.47. The van der Waals surface area contributed by atoms with E-state index in [1.807, 2.05) is 39.1 Å². The minimum Gasteiger partial charge on any atom is -0.392 e. The first-order chi connectivity index (χ1) is 9.72. The lowest BCUT2D eigenvalue weighted by molar-refractivity contribution is 0.335. The van der Waals surface area contributed by atoms with Crippen LogP contribution in [0.1, 0.15) is 19.4 Å². The third-order valence-corrected chi connectivity index (χ3v) is 3.63. The van der Waals surface area contributed by atoms with E-state index in [1.165, 1.54) is 5.56 Å². The van der Waals surface area contributed by atoms with Gasteiger partial charge in [-0.25, -0.2) is 0 Å². The fraction of sp³-hybridized carbons (Fsp3) is 0.294. The van der Waals surface area contributed by atoms with Gasteiger partial charge in [0.2, 0.25) is 0 Å². The van der Waals surface area contributed by atoms with Crippen LogP contribution in [0.15, 0.2) is 64.9 Å². The second-order valence-electron chi connectivity index (χ2n) is 3.77. The van der Waals surface area contributed by atoms with Crippen molar-refractivity contribution in [3.63, 3.8) is 0 Å². The molecule has 0 spiro atoms. The highest BCUT2D eigenvalue weighted by atomic mass is 32.2. The Morgan fingerprint density at radius 2 is 2.00 bits per heavy atom. The van der Waals surface area contributed by atoms with Crippen LogP contribution < -0.4 is 5.32 Å². The molecule has 0 fully saturated rings. The van der Waals surface area contributed by atoms with Gasteiger partial charge in [0.05, 0.1) is 6.61 Å². The molecule has 20 heavy (non-hydrogen) atoms. The summed E-state index contributed by atoms with van der Waals surface area (Å²) < 4.78 is 0. The Morgan fingerprint density at radius 3 is 2.55 bits per heavy atom. The molecule has 2 N–H and O–H groups in total. The van der Waals surface area contributed by atoms with Gasteiger partial charge in [0.1, 0.15) is 0 Å². The van der Waals surface area contributed by atoms with Crippen molar-refractivity contribution in [3.8, 4) is 0 Å². The van der Waals surface area contributed by atoms with Crippen LogP contribution in [0.25, 0.3) is 0 Å². The molecule has 0 atom stereocenters. The minimum absolute atomic E-state index is 0.0408. The van der Waals surface area contributed by atoms with Crippen molar-refractivity contribution < 1.29 is 5.11 Å². The van der Waals surface area contributed by atoms with E-state index in [0.717, 1.165) is 16.3 Å². The van der Waals surface area contributed by atoms with Gasteiger partial charge in [-0.2, -0.15) is 0 Å². The molecule has 0 aliphatic carbocycles. The topological polar surface area (TPSA) is 32.3 Å². The Labute approximate surface area is 127 Å². The summed E-state index contributed by atoms with van der Waals surface area (Å²) in [7, 11) is 1.93. The van der Waals surface area contributed by atoms with Crippen molar-refractivity contribution in [3.05, 3.63) is 65.6 Å². The molecule has 1 aromatic carbocycles. The lowest BCUT2D eigenvalue weighted by Gasteiger charge is -2.11. The smallest absolute Gasteiger partial charge is 0.0687 e. The van der Waals surface area contributed by atoms with Crippen LogP contribution in [0.5, 0.6) is 0 Å². The Hall–Kier alpha value is -1.29. The molecule has 0 aromatic heterocycles. The highest BCUT2D eigenvalue weighted by Crippen LogP contribution is 2.33. The van der Waals surface area contributed by atoms with Crippen molar-refractivity contribution in [2.75, 3.05) is 13.7 Å². The molecule has 0 aliphatic heterocycles. The van der Waals surface area contributed by atoms with Crippen LogP contribution in [0.4, 0.5) is 0 Å². The number of aliphatic hydroxyl groups is 1. The van der Waals surface area contributed by atoms with Crippen molar-refractivity contribution in [2.45, 2.75) is 25.3 Å². The van der Waals surface area contributed by atoms with E-state index in [4.69, 9.17) is 0 Å². The summed E-state index contributed by atoms with van der Waals surface area (Å²) in [5.74, 6) is 0. The predicted octanol–water partition coefficient (Wildman–Crippen LogP) is 4.14. The number of benzene rings is 1. The lowest BCUT2D eigenvalue weighted by atomic mass is 10.2. The van der Waals surface area contributed by atoms with Crippen molar-refractivity contribution in [2.24, 2.45) is 0 Å². The molecular weight excluding hydrogens is 266 g/mol. The standard InChI is InChI=1S/C15H19NOS.C2H6/c1-4-7-14(12(2)11-17)18-15-9-6-5-8-13(15)10-16-3;1-2/h4-9,16-17H,1-2,10-11H2,3H3;1-2H3/b14-7+;. The predicted molar refractivity (Wildman–Crippen MR) is 90.9 cm³/mol. The summed E-state index contributed by atoms with van der Waals surface area (Å²) in [6, 6.07) is 8.19. The van der Waals surface area contributed by atoms with Crippen LogP contribution in [0.2, 0.25) is 0 Å². The van der Waals surface area contributed by atoms with Gasteiger partial charge >= 0.3 is 0 Å². The molecule has 0 saturated heterocycles. The number of aliphatic hydroxyl groups excluding tert-OH is 1. The molecule has 0 amide bonds. The van der Waals surface area contributed by atoms with Gasteiger partial charge in [0.25, 0.3) is 0 Å². The third-order valence-electron chi connectivity index (χ3n) is 2.37. The van der Waals surface area contributed by atoms with Crippen LogP contribution in [-0.4, -0.2) is 18.8 Å². The molecular formula is C17H25NOS. The first kappa shape index (κ1) is 18.7. The summed E-state index contributed by atoms with van der Waals surface area (Å²) in [6.07, 6.45) is 3.59. The summed E-state index contributed by atoms with van der Waals surface area (Å²) in [5, 5.41) is 12.3. The average Bonchev–Trinajstić information content (AvgIpc) is 2.50. The maximum absolute atomic E-state index is 9.18. The van der Waals surface area contributed by atoms with Gasteiger partial charge in [-0.3, -0.25) is 0 Å². The van der Waals surface area contributed by atoms with Crippen LogP contribution >= 0.6 is 11.8 Å². The second kappa shape index (κ2) is 11.5. The fourth-order valence-corrected chi connectivity index (χ4v) is 2.50. The Balaban J connectivity index is 0.00000172. The van der Waals surface area contributed by atoms with Crippen LogP contribution in [0, 0.1) is 0 Å². The number of rotatable bonds is 7.